The number of carbonyl (C=O) groups excluding carboxylic acids is 2. The van der Waals surface area contributed by atoms with Crippen LogP contribution in [0.25, 0.3) is 0 Å². The lowest BCUT2D eigenvalue weighted by Gasteiger charge is -2.28. The highest BCUT2D eigenvalue weighted by Crippen LogP contribution is 2.25. The lowest BCUT2D eigenvalue weighted by Crippen LogP contribution is -2.49. The molecule has 1 amide bonds. The zero-order valence-electron chi connectivity index (χ0n) is 12.5. The molecule has 2 atom stereocenters. The van der Waals surface area contributed by atoms with Gasteiger partial charge in [-0.1, -0.05) is 29.8 Å². The number of allylic oxidation sites excluding steroid dienone is 2. The van der Waals surface area contributed by atoms with Crippen molar-refractivity contribution in [2.24, 2.45) is 11.8 Å². The SMILES string of the molecule is Cc1ccc(S(=O)(=O)NNC(=O)[C@@H]2CC=CC[C@H]2C(=O)[O-])cc1. The number of hydrazine groups is 1. The second-order valence-electron chi connectivity index (χ2n) is 5.38. The number of rotatable bonds is 5. The molecule has 1 aliphatic carbocycles. The van der Waals surface area contributed by atoms with E-state index in [0.29, 0.717) is 0 Å². The average Bonchev–Trinajstić information content (AvgIpc) is 2.53. The van der Waals surface area contributed by atoms with Gasteiger partial charge in [-0.3, -0.25) is 10.2 Å². The Kier molecular flexibility index (Phi) is 5.17. The van der Waals surface area contributed by atoms with Crippen LogP contribution in [0.4, 0.5) is 0 Å². The minimum Gasteiger partial charge on any atom is -0.550 e. The summed E-state index contributed by atoms with van der Waals surface area (Å²) in [5.41, 5.74) is 2.99. The molecule has 0 saturated carbocycles. The first-order chi connectivity index (χ1) is 10.8. The quantitative estimate of drug-likeness (QED) is 0.562. The van der Waals surface area contributed by atoms with Crippen LogP contribution in [0, 0.1) is 18.8 Å². The molecule has 0 spiro atoms. The van der Waals surface area contributed by atoms with E-state index in [1.165, 1.54) is 12.1 Å². The zero-order valence-corrected chi connectivity index (χ0v) is 13.3. The zero-order chi connectivity index (χ0) is 17.0. The number of sulfonamides is 1. The van der Waals surface area contributed by atoms with E-state index in [1.807, 2.05) is 11.8 Å². The molecule has 7 nitrogen and oxygen atoms in total. The van der Waals surface area contributed by atoms with Gasteiger partial charge in [-0.15, -0.1) is 4.83 Å². The Morgan fingerprint density at radius 2 is 1.65 bits per heavy atom. The van der Waals surface area contributed by atoms with Gasteiger partial charge in [-0.25, -0.2) is 8.42 Å². The van der Waals surface area contributed by atoms with Gasteiger partial charge in [0.2, 0.25) is 5.91 Å². The third-order valence-electron chi connectivity index (χ3n) is 3.71. The van der Waals surface area contributed by atoms with Gasteiger partial charge >= 0.3 is 0 Å². The summed E-state index contributed by atoms with van der Waals surface area (Å²) in [5, 5.41) is 11.1. The van der Waals surface area contributed by atoms with Crippen molar-refractivity contribution in [3.8, 4) is 0 Å². The molecule has 8 heteroatoms. The van der Waals surface area contributed by atoms with Gasteiger partial charge < -0.3 is 9.90 Å². The van der Waals surface area contributed by atoms with E-state index in [1.54, 1.807) is 24.3 Å². The van der Waals surface area contributed by atoms with Gasteiger partial charge in [0.25, 0.3) is 10.0 Å². The Hall–Kier alpha value is -2.19. The molecule has 1 aromatic carbocycles. The molecule has 0 radical (unpaired) electrons. The summed E-state index contributed by atoms with van der Waals surface area (Å²) in [5.74, 6) is -3.86. The van der Waals surface area contributed by atoms with Gasteiger partial charge in [0.05, 0.1) is 10.8 Å². The Morgan fingerprint density at radius 1 is 1.09 bits per heavy atom. The summed E-state index contributed by atoms with van der Waals surface area (Å²) in [6.07, 6.45) is 3.76. The summed E-state index contributed by atoms with van der Waals surface area (Å²) < 4.78 is 24.2. The van der Waals surface area contributed by atoms with Crippen molar-refractivity contribution in [1.82, 2.24) is 10.3 Å². The first-order valence-corrected chi connectivity index (χ1v) is 8.54. The highest BCUT2D eigenvalue weighted by molar-refractivity contribution is 7.89. The maximum Gasteiger partial charge on any atom is 0.257 e. The molecule has 0 aliphatic heterocycles. The fourth-order valence-corrected chi connectivity index (χ4v) is 3.20. The van der Waals surface area contributed by atoms with E-state index < -0.39 is 33.7 Å². The Balaban J connectivity index is 2.04. The molecule has 0 saturated heterocycles. The second-order valence-corrected chi connectivity index (χ2v) is 7.07. The molecule has 2 N–H and O–H groups in total. The van der Waals surface area contributed by atoms with Gasteiger partial charge in [0, 0.05) is 11.9 Å². The Bertz CT molecular complexity index is 725. The normalized spacial score (nSPS) is 20.9. The lowest BCUT2D eigenvalue weighted by molar-refractivity contribution is -0.313. The van der Waals surface area contributed by atoms with Crippen LogP contribution in [0.2, 0.25) is 0 Å². The fraction of sp³-hybridized carbons (Fsp3) is 0.333. The van der Waals surface area contributed by atoms with Crippen LogP contribution in [-0.2, 0) is 19.6 Å². The third kappa shape index (κ3) is 4.17. The molecule has 0 fully saturated rings. The highest BCUT2D eigenvalue weighted by atomic mass is 32.2. The van der Waals surface area contributed by atoms with Gasteiger partial charge in [-0.2, -0.15) is 0 Å². The standard InChI is InChI=1S/C15H18N2O5S/c1-10-6-8-11(9-7-10)23(21,22)17-16-14(18)12-4-2-3-5-13(12)15(19)20/h2-3,6-9,12-13,17H,4-5H2,1H3,(H,16,18)(H,19,20)/p-1/t12-,13-/m1/s1. The van der Waals surface area contributed by atoms with Crippen molar-refractivity contribution in [1.29, 1.82) is 0 Å². The number of carbonyl (C=O) groups is 2. The first kappa shape index (κ1) is 17.2. The number of nitrogens with one attached hydrogen (secondary N) is 2. The van der Waals surface area contributed by atoms with Crippen molar-refractivity contribution in [2.75, 3.05) is 0 Å². The molecule has 0 unspecified atom stereocenters. The van der Waals surface area contributed by atoms with E-state index in [2.05, 4.69) is 5.43 Å². The predicted molar refractivity (Wildman–Crippen MR) is 80.0 cm³/mol. The van der Waals surface area contributed by atoms with Crippen LogP contribution < -0.4 is 15.4 Å². The minimum absolute atomic E-state index is 0.00314. The maximum absolute atomic E-state index is 12.1. The monoisotopic (exact) mass is 337 g/mol. The van der Waals surface area contributed by atoms with E-state index in [-0.39, 0.29) is 17.7 Å². The van der Waals surface area contributed by atoms with Crippen LogP contribution in [0.5, 0.6) is 0 Å². The van der Waals surface area contributed by atoms with Crippen LogP contribution in [0.1, 0.15) is 18.4 Å². The van der Waals surface area contributed by atoms with Crippen LogP contribution >= 0.6 is 0 Å². The highest BCUT2D eigenvalue weighted by Gasteiger charge is 2.30. The third-order valence-corrected chi connectivity index (χ3v) is 4.98. The summed E-state index contributed by atoms with van der Waals surface area (Å²) >= 11 is 0. The minimum atomic E-state index is -3.91. The lowest BCUT2D eigenvalue weighted by atomic mass is 9.82. The van der Waals surface area contributed by atoms with E-state index in [0.717, 1.165) is 5.56 Å². The van der Waals surface area contributed by atoms with Crippen LogP contribution in [0.15, 0.2) is 41.3 Å². The van der Waals surface area contributed by atoms with Crippen molar-refractivity contribution in [2.45, 2.75) is 24.7 Å². The van der Waals surface area contributed by atoms with Crippen molar-refractivity contribution in [3.63, 3.8) is 0 Å². The number of hydrogen-bond acceptors (Lipinski definition) is 5. The molecule has 124 valence electrons. The molecular weight excluding hydrogens is 320 g/mol. The Labute approximate surface area is 134 Å². The van der Waals surface area contributed by atoms with E-state index in [4.69, 9.17) is 0 Å². The number of carboxylic acid groups (broad SMARTS) is 1. The number of benzene rings is 1. The number of aryl methyl sites for hydroxylation is 1. The molecule has 23 heavy (non-hydrogen) atoms. The molecule has 0 heterocycles. The summed E-state index contributed by atoms with van der Waals surface area (Å²) in [6.45, 7) is 1.82. The summed E-state index contributed by atoms with van der Waals surface area (Å²) in [6, 6.07) is 6.09. The van der Waals surface area contributed by atoms with Crippen LogP contribution in [0.3, 0.4) is 0 Å². The number of amides is 1. The predicted octanol–water partition coefficient (Wildman–Crippen LogP) is -0.363. The largest absolute Gasteiger partial charge is 0.550 e. The molecule has 0 bridgehead atoms. The van der Waals surface area contributed by atoms with Gasteiger partial charge in [0.15, 0.2) is 0 Å². The number of carboxylic acids is 1. The number of hydrogen-bond donors (Lipinski definition) is 2. The van der Waals surface area contributed by atoms with Gasteiger partial charge in [-0.05, 0) is 31.9 Å². The second kappa shape index (κ2) is 6.93. The summed E-state index contributed by atoms with van der Waals surface area (Å²) in [4.78, 5) is 25.1. The smallest absolute Gasteiger partial charge is 0.257 e. The van der Waals surface area contributed by atoms with E-state index in [9.17, 15) is 23.1 Å². The maximum atomic E-state index is 12.1. The fourth-order valence-electron chi connectivity index (χ4n) is 2.35. The van der Waals surface area contributed by atoms with Crippen LogP contribution in [-0.4, -0.2) is 20.3 Å². The summed E-state index contributed by atoms with van der Waals surface area (Å²) in [7, 11) is -3.91. The molecule has 1 aliphatic rings. The van der Waals surface area contributed by atoms with Crippen molar-refractivity contribution >= 4 is 21.9 Å². The average molecular weight is 337 g/mol. The molecule has 1 aromatic rings. The number of aliphatic carboxylic acids is 1. The van der Waals surface area contributed by atoms with Crippen molar-refractivity contribution < 1.29 is 23.1 Å². The first-order valence-electron chi connectivity index (χ1n) is 7.05. The van der Waals surface area contributed by atoms with E-state index >= 15 is 0 Å². The molecule has 0 aromatic heterocycles. The molecular formula is C15H17N2O5S-. The topological polar surface area (TPSA) is 115 Å². The van der Waals surface area contributed by atoms with Crippen molar-refractivity contribution in [3.05, 3.63) is 42.0 Å². The Morgan fingerprint density at radius 3 is 2.22 bits per heavy atom. The van der Waals surface area contributed by atoms with Gasteiger partial charge in [0.1, 0.15) is 0 Å². The molecule has 2 rings (SSSR count).